The van der Waals surface area contributed by atoms with Crippen molar-refractivity contribution >= 4 is 11.6 Å². The summed E-state index contributed by atoms with van der Waals surface area (Å²) in [6.07, 6.45) is 4.83. The van der Waals surface area contributed by atoms with Gasteiger partial charge in [0.2, 0.25) is 0 Å². The molecule has 2 aliphatic carbocycles. The molecule has 0 amide bonds. The van der Waals surface area contributed by atoms with Crippen LogP contribution in [0.3, 0.4) is 0 Å². The van der Waals surface area contributed by atoms with Gasteiger partial charge in [-0.2, -0.15) is 0 Å². The smallest absolute Gasteiger partial charge is 0.0959 e. The van der Waals surface area contributed by atoms with E-state index in [4.69, 9.17) is 11.6 Å². The molecule has 7 atom stereocenters. The normalized spacial score (nSPS) is 45.5. The first-order valence-corrected chi connectivity index (χ1v) is 10.3. The summed E-state index contributed by atoms with van der Waals surface area (Å²) in [6.45, 7) is 8.16. The van der Waals surface area contributed by atoms with Crippen molar-refractivity contribution in [2.24, 2.45) is 22.7 Å². The standard InChI is InChI=1S/C20H37ClO4/c1-17(13-22)8-5-9-18(2)14(17)6-10-19(3,24)15(18)7-11-20(4,25)16(23)12-21/h14-16,22-25H,5-13H2,1-4H3/t14-,15+,16-,17-,18-,19+,20+/m0/s1. The van der Waals surface area contributed by atoms with Crippen molar-refractivity contribution in [2.45, 2.75) is 89.9 Å². The Labute approximate surface area is 157 Å². The molecule has 0 aromatic heterocycles. The lowest BCUT2D eigenvalue weighted by Crippen LogP contribution is -2.59. The first kappa shape index (κ1) is 21.4. The second-order valence-corrected chi connectivity index (χ2v) is 10.0. The van der Waals surface area contributed by atoms with Crippen molar-refractivity contribution in [3.8, 4) is 0 Å². The molecule has 0 spiro atoms. The minimum atomic E-state index is -1.25. The van der Waals surface area contributed by atoms with Crippen molar-refractivity contribution in [3.63, 3.8) is 0 Å². The Morgan fingerprint density at radius 3 is 2.40 bits per heavy atom. The van der Waals surface area contributed by atoms with Crippen LogP contribution in [0.1, 0.15) is 72.6 Å². The molecule has 2 aliphatic rings. The second-order valence-electron chi connectivity index (χ2n) is 9.74. The Morgan fingerprint density at radius 1 is 1.20 bits per heavy atom. The third-order valence-corrected chi connectivity index (χ3v) is 8.04. The molecule has 0 saturated heterocycles. The van der Waals surface area contributed by atoms with Crippen LogP contribution in [0.25, 0.3) is 0 Å². The zero-order valence-corrected chi connectivity index (χ0v) is 17.0. The zero-order chi connectivity index (χ0) is 19.1. The Bertz CT molecular complexity index is 467. The maximum atomic E-state index is 11.1. The van der Waals surface area contributed by atoms with Crippen LogP contribution in [0.15, 0.2) is 0 Å². The first-order chi connectivity index (χ1) is 11.4. The lowest BCUT2D eigenvalue weighted by Gasteiger charge is -2.62. The Hall–Kier alpha value is 0.130. The highest BCUT2D eigenvalue weighted by molar-refractivity contribution is 6.18. The molecule has 2 saturated carbocycles. The van der Waals surface area contributed by atoms with Gasteiger partial charge in [0, 0.05) is 6.61 Å². The van der Waals surface area contributed by atoms with Crippen molar-refractivity contribution < 1.29 is 20.4 Å². The number of rotatable bonds is 6. The molecule has 0 aromatic carbocycles. The highest BCUT2D eigenvalue weighted by Crippen LogP contribution is 2.63. The maximum absolute atomic E-state index is 11.1. The summed E-state index contributed by atoms with van der Waals surface area (Å²) < 4.78 is 0. The van der Waals surface area contributed by atoms with Crippen LogP contribution in [-0.2, 0) is 0 Å². The molecular formula is C20H37ClO4. The number of fused-ring (bicyclic) bond motifs is 1. The largest absolute Gasteiger partial charge is 0.396 e. The van der Waals surface area contributed by atoms with Crippen LogP contribution in [-0.4, -0.2) is 50.2 Å². The molecule has 4 N–H and O–H groups in total. The Kier molecular flexibility index (Phi) is 6.23. The van der Waals surface area contributed by atoms with E-state index in [1.807, 2.05) is 6.92 Å². The molecule has 4 nitrogen and oxygen atoms in total. The summed E-state index contributed by atoms with van der Waals surface area (Å²) in [5, 5.41) is 41.7. The van der Waals surface area contributed by atoms with Gasteiger partial charge in [-0.1, -0.05) is 20.3 Å². The molecule has 0 bridgehead atoms. The molecule has 2 fully saturated rings. The first-order valence-electron chi connectivity index (χ1n) is 9.72. The van der Waals surface area contributed by atoms with Gasteiger partial charge in [-0.3, -0.25) is 0 Å². The van der Waals surface area contributed by atoms with Gasteiger partial charge in [0.05, 0.1) is 23.2 Å². The fourth-order valence-corrected chi connectivity index (χ4v) is 6.37. The van der Waals surface area contributed by atoms with E-state index in [2.05, 4.69) is 13.8 Å². The number of aliphatic hydroxyl groups excluding tert-OH is 2. The minimum absolute atomic E-state index is 0.00344. The second kappa shape index (κ2) is 7.27. The molecule has 25 heavy (non-hydrogen) atoms. The van der Waals surface area contributed by atoms with E-state index in [0.29, 0.717) is 25.2 Å². The average molecular weight is 377 g/mol. The quantitative estimate of drug-likeness (QED) is 0.537. The fourth-order valence-electron chi connectivity index (χ4n) is 6.03. The average Bonchev–Trinajstić information content (AvgIpc) is 2.52. The third-order valence-electron chi connectivity index (χ3n) is 7.75. The van der Waals surface area contributed by atoms with Crippen LogP contribution in [0.5, 0.6) is 0 Å². The molecule has 0 unspecified atom stereocenters. The molecule has 0 aromatic rings. The maximum Gasteiger partial charge on any atom is 0.0959 e. The van der Waals surface area contributed by atoms with Crippen molar-refractivity contribution in [1.29, 1.82) is 0 Å². The highest BCUT2D eigenvalue weighted by atomic mass is 35.5. The molecule has 0 aliphatic heterocycles. The van der Waals surface area contributed by atoms with Gasteiger partial charge >= 0.3 is 0 Å². The van der Waals surface area contributed by atoms with Crippen molar-refractivity contribution in [2.75, 3.05) is 12.5 Å². The van der Waals surface area contributed by atoms with E-state index in [-0.39, 0.29) is 29.2 Å². The van der Waals surface area contributed by atoms with E-state index in [9.17, 15) is 20.4 Å². The Balaban J connectivity index is 2.27. The lowest BCUT2D eigenvalue weighted by atomic mass is 9.44. The zero-order valence-electron chi connectivity index (χ0n) is 16.3. The monoisotopic (exact) mass is 376 g/mol. The lowest BCUT2D eigenvalue weighted by molar-refractivity contribution is -0.184. The summed E-state index contributed by atoms with van der Waals surface area (Å²) in [5.41, 5.74) is -2.21. The van der Waals surface area contributed by atoms with Crippen molar-refractivity contribution in [3.05, 3.63) is 0 Å². The molecule has 0 radical (unpaired) electrons. The van der Waals surface area contributed by atoms with Gasteiger partial charge in [0.1, 0.15) is 0 Å². The van der Waals surface area contributed by atoms with Gasteiger partial charge in [-0.25, -0.2) is 0 Å². The minimum Gasteiger partial charge on any atom is -0.396 e. The summed E-state index contributed by atoms with van der Waals surface area (Å²) in [7, 11) is 0. The number of halogens is 1. The van der Waals surface area contributed by atoms with Crippen LogP contribution < -0.4 is 0 Å². The van der Waals surface area contributed by atoms with Crippen LogP contribution in [0.4, 0.5) is 0 Å². The van der Waals surface area contributed by atoms with Gasteiger partial charge in [0.15, 0.2) is 0 Å². The topological polar surface area (TPSA) is 80.9 Å². The van der Waals surface area contributed by atoms with Gasteiger partial charge < -0.3 is 20.4 Å². The number of hydrogen-bond donors (Lipinski definition) is 4. The van der Waals surface area contributed by atoms with E-state index in [1.54, 1.807) is 6.92 Å². The molecular weight excluding hydrogens is 340 g/mol. The third kappa shape index (κ3) is 3.89. The van der Waals surface area contributed by atoms with E-state index < -0.39 is 17.3 Å². The van der Waals surface area contributed by atoms with Crippen LogP contribution in [0, 0.1) is 22.7 Å². The van der Waals surface area contributed by atoms with Crippen LogP contribution in [0.2, 0.25) is 0 Å². The predicted octanol–water partition coefficient (Wildman–Crippen LogP) is 3.08. The Morgan fingerprint density at radius 2 is 1.84 bits per heavy atom. The van der Waals surface area contributed by atoms with Gasteiger partial charge in [-0.05, 0) is 75.0 Å². The number of aliphatic hydroxyl groups is 4. The SMILES string of the molecule is C[C@@]1(CO)CCC[C@]2(C)[C@@H](CC[C@@](C)(O)[C@@H](O)CCl)[C@](C)(O)CC[C@@H]12. The summed E-state index contributed by atoms with van der Waals surface area (Å²) in [4.78, 5) is 0. The summed E-state index contributed by atoms with van der Waals surface area (Å²) in [5.74, 6) is 0.391. The van der Waals surface area contributed by atoms with E-state index in [0.717, 1.165) is 25.7 Å². The number of hydrogen-bond acceptors (Lipinski definition) is 4. The fraction of sp³-hybridized carbons (Fsp3) is 1.00. The highest BCUT2D eigenvalue weighted by Gasteiger charge is 2.58. The summed E-state index contributed by atoms with van der Waals surface area (Å²) in [6, 6.07) is 0. The van der Waals surface area contributed by atoms with Crippen molar-refractivity contribution in [1.82, 2.24) is 0 Å². The molecule has 5 heteroatoms. The summed E-state index contributed by atoms with van der Waals surface area (Å²) >= 11 is 5.72. The van der Waals surface area contributed by atoms with Crippen LogP contribution >= 0.6 is 11.6 Å². The molecule has 2 rings (SSSR count). The van der Waals surface area contributed by atoms with E-state index in [1.165, 1.54) is 0 Å². The molecule has 0 heterocycles. The van der Waals surface area contributed by atoms with Gasteiger partial charge in [0.25, 0.3) is 0 Å². The number of alkyl halides is 1. The van der Waals surface area contributed by atoms with E-state index >= 15 is 0 Å². The molecule has 148 valence electrons. The van der Waals surface area contributed by atoms with Gasteiger partial charge in [-0.15, -0.1) is 11.6 Å². The predicted molar refractivity (Wildman–Crippen MR) is 101 cm³/mol.